The Balaban J connectivity index is 1.17. The molecule has 2 unspecified atom stereocenters. The van der Waals surface area contributed by atoms with E-state index in [4.69, 9.17) is 4.74 Å². The minimum absolute atomic E-state index is 0.0145. The zero-order chi connectivity index (χ0) is 24.1. The maximum Gasteiger partial charge on any atom is 0.407 e. The molecule has 1 fully saturated rings. The van der Waals surface area contributed by atoms with Gasteiger partial charge in [0.2, 0.25) is 5.91 Å². The predicted molar refractivity (Wildman–Crippen MR) is 128 cm³/mol. The van der Waals surface area contributed by atoms with Crippen molar-refractivity contribution >= 4 is 18.0 Å². The highest BCUT2D eigenvalue weighted by Gasteiger charge is 2.33. The second-order valence-corrected chi connectivity index (χ2v) is 9.26. The minimum atomic E-state index is -0.836. The van der Waals surface area contributed by atoms with Crippen LogP contribution in [0.3, 0.4) is 0 Å². The van der Waals surface area contributed by atoms with Crippen LogP contribution in [0.15, 0.2) is 48.5 Å². The molecule has 7 heteroatoms. The van der Waals surface area contributed by atoms with Crippen molar-refractivity contribution in [1.82, 2.24) is 10.2 Å². The van der Waals surface area contributed by atoms with Crippen LogP contribution in [0.4, 0.5) is 4.79 Å². The molecule has 34 heavy (non-hydrogen) atoms. The number of carboxylic acid groups (broad SMARTS) is 1. The summed E-state index contributed by atoms with van der Waals surface area (Å²) >= 11 is 0. The second-order valence-electron chi connectivity index (χ2n) is 9.26. The molecule has 2 aromatic carbocycles. The van der Waals surface area contributed by atoms with Gasteiger partial charge in [-0.1, -0.05) is 55.5 Å². The number of carbonyl (C=O) groups is 3. The van der Waals surface area contributed by atoms with E-state index in [1.165, 1.54) is 22.3 Å². The third-order valence-electron chi connectivity index (χ3n) is 7.06. The summed E-state index contributed by atoms with van der Waals surface area (Å²) in [5.41, 5.74) is 4.73. The topological polar surface area (TPSA) is 95.9 Å². The van der Waals surface area contributed by atoms with Crippen molar-refractivity contribution in [2.45, 2.75) is 38.5 Å². The minimum Gasteiger partial charge on any atom is -0.481 e. The molecular weight excluding hydrogens is 432 g/mol. The number of nitrogens with zero attached hydrogens (tertiary/aromatic N) is 1. The van der Waals surface area contributed by atoms with E-state index in [2.05, 4.69) is 29.6 Å². The fourth-order valence-electron chi connectivity index (χ4n) is 5.02. The molecule has 2 N–H and O–H groups in total. The van der Waals surface area contributed by atoms with Gasteiger partial charge >= 0.3 is 12.1 Å². The number of aliphatic carboxylic acids is 1. The standard InChI is InChI=1S/C27H32N2O5/c1-18-13-15-29(16-23(18)26(31)32)25(30)12-6-7-14-28-27(33)34-17-24-21-10-4-2-8-19(21)20-9-3-5-11-22(20)24/h2-5,8-11,18,23-24H,6-7,12-17H2,1H3,(H,28,33)(H,31,32). The molecule has 0 aromatic heterocycles. The number of hydrogen-bond acceptors (Lipinski definition) is 4. The molecule has 0 radical (unpaired) electrons. The quantitative estimate of drug-likeness (QED) is 0.569. The lowest BCUT2D eigenvalue weighted by Crippen LogP contribution is -2.45. The number of piperidine rings is 1. The van der Waals surface area contributed by atoms with Crippen LogP contribution in [-0.4, -0.2) is 54.2 Å². The molecule has 0 saturated carbocycles. The number of carbonyl (C=O) groups excluding carboxylic acids is 2. The summed E-state index contributed by atoms with van der Waals surface area (Å²) in [6, 6.07) is 16.4. The van der Waals surface area contributed by atoms with Gasteiger partial charge in [-0.3, -0.25) is 9.59 Å². The van der Waals surface area contributed by atoms with E-state index in [1.807, 2.05) is 31.2 Å². The number of benzene rings is 2. The summed E-state index contributed by atoms with van der Waals surface area (Å²) in [5.74, 6) is -1.23. The van der Waals surface area contributed by atoms with E-state index in [0.717, 1.165) is 0 Å². The van der Waals surface area contributed by atoms with Crippen molar-refractivity contribution in [3.63, 3.8) is 0 Å². The van der Waals surface area contributed by atoms with Crippen molar-refractivity contribution in [3.05, 3.63) is 59.7 Å². The van der Waals surface area contributed by atoms with Crippen LogP contribution in [0, 0.1) is 11.8 Å². The third-order valence-corrected chi connectivity index (χ3v) is 7.06. The number of hydrogen-bond donors (Lipinski definition) is 2. The summed E-state index contributed by atoms with van der Waals surface area (Å²) in [4.78, 5) is 37.7. The first-order valence-corrected chi connectivity index (χ1v) is 12.0. The fourth-order valence-corrected chi connectivity index (χ4v) is 5.02. The monoisotopic (exact) mass is 464 g/mol. The summed E-state index contributed by atoms with van der Waals surface area (Å²) in [7, 11) is 0. The molecule has 4 rings (SSSR count). The van der Waals surface area contributed by atoms with Gasteiger partial charge in [0.05, 0.1) is 5.92 Å². The number of amides is 2. The molecular formula is C27H32N2O5. The highest BCUT2D eigenvalue weighted by atomic mass is 16.5. The first kappa shape index (κ1) is 23.8. The van der Waals surface area contributed by atoms with Crippen LogP contribution < -0.4 is 5.32 Å². The van der Waals surface area contributed by atoms with Crippen LogP contribution in [0.25, 0.3) is 11.1 Å². The van der Waals surface area contributed by atoms with Gasteiger partial charge in [0.1, 0.15) is 6.61 Å². The average molecular weight is 465 g/mol. The molecule has 1 saturated heterocycles. The third kappa shape index (κ3) is 5.24. The Hall–Kier alpha value is -3.35. The molecule has 0 bridgehead atoms. The maximum atomic E-state index is 12.4. The maximum absolute atomic E-state index is 12.4. The molecule has 1 aliphatic carbocycles. The van der Waals surface area contributed by atoms with Gasteiger partial charge in [-0.2, -0.15) is 0 Å². The van der Waals surface area contributed by atoms with Crippen LogP contribution in [0.1, 0.15) is 49.7 Å². The van der Waals surface area contributed by atoms with Gasteiger partial charge < -0.3 is 20.1 Å². The Morgan fingerprint density at radius 2 is 1.68 bits per heavy atom. The Morgan fingerprint density at radius 1 is 1.03 bits per heavy atom. The van der Waals surface area contributed by atoms with E-state index >= 15 is 0 Å². The zero-order valence-electron chi connectivity index (χ0n) is 19.5. The summed E-state index contributed by atoms with van der Waals surface area (Å²) in [6.07, 6.45) is 1.90. The van der Waals surface area contributed by atoms with Crippen molar-refractivity contribution < 1.29 is 24.2 Å². The van der Waals surface area contributed by atoms with Crippen molar-refractivity contribution in [1.29, 1.82) is 0 Å². The first-order chi connectivity index (χ1) is 16.5. The molecule has 2 aliphatic rings. The summed E-state index contributed by atoms with van der Waals surface area (Å²) < 4.78 is 5.53. The van der Waals surface area contributed by atoms with Gasteiger partial charge in [-0.05, 0) is 47.4 Å². The smallest absolute Gasteiger partial charge is 0.407 e. The van der Waals surface area contributed by atoms with E-state index in [1.54, 1.807) is 4.90 Å². The molecule has 180 valence electrons. The zero-order valence-corrected chi connectivity index (χ0v) is 19.5. The molecule has 0 spiro atoms. The molecule has 1 aliphatic heterocycles. The molecule has 7 nitrogen and oxygen atoms in total. The summed E-state index contributed by atoms with van der Waals surface area (Å²) in [5, 5.41) is 12.1. The SMILES string of the molecule is CC1CCN(C(=O)CCCCNC(=O)OCC2c3ccccc3-c3ccccc32)CC1C(=O)O. The highest BCUT2D eigenvalue weighted by Crippen LogP contribution is 2.44. The number of rotatable bonds is 8. The second kappa shape index (κ2) is 10.7. The van der Waals surface area contributed by atoms with Crippen LogP contribution in [0.2, 0.25) is 0 Å². The van der Waals surface area contributed by atoms with Gasteiger partial charge in [0.15, 0.2) is 0 Å². The average Bonchev–Trinajstić information content (AvgIpc) is 3.16. The van der Waals surface area contributed by atoms with E-state index in [-0.39, 0.29) is 30.9 Å². The first-order valence-electron chi connectivity index (χ1n) is 12.0. The Labute approximate surface area is 200 Å². The van der Waals surface area contributed by atoms with Crippen molar-refractivity contribution in [2.24, 2.45) is 11.8 Å². The number of unbranched alkanes of at least 4 members (excludes halogenated alkanes) is 1. The highest BCUT2D eigenvalue weighted by molar-refractivity contribution is 5.79. The lowest BCUT2D eigenvalue weighted by atomic mass is 9.87. The van der Waals surface area contributed by atoms with Crippen molar-refractivity contribution in [3.8, 4) is 11.1 Å². The molecule has 2 aromatic rings. The van der Waals surface area contributed by atoms with E-state index < -0.39 is 18.0 Å². The van der Waals surface area contributed by atoms with Gasteiger partial charge in [-0.25, -0.2) is 4.79 Å². The number of ether oxygens (including phenoxy) is 1. The van der Waals surface area contributed by atoms with E-state index in [0.29, 0.717) is 38.8 Å². The van der Waals surface area contributed by atoms with Gasteiger partial charge in [-0.15, -0.1) is 0 Å². The number of carboxylic acids is 1. The Morgan fingerprint density at radius 3 is 2.32 bits per heavy atom. The lowest BCUT2D eigenvalue weighted by molar-refractivity contribution is -0.148. The normalized spacial score (nSPS) is 19.3. The number of likely N-dealkylation sites (tertiary alicyclic amines) is 1. The van der Waals surface area contributed by atoms with Crippen LogP contribution in [0.5, 0.6) is 0 Å². The molecule has 2 atom stereocenters. The van der Waals surface area contributed by atoms with Gasteiger partial charge in [0.25, 0.3) is 0 Å². The lowest BCUT2D eigenvalue weighted by Gasteiger charge is -2.35. The number of alkyl carbamates (subject to hydrolysis) is 1. The summed E-state index contributed by atoms with van der Waals surface area (Å²) in [6.45, 7) is 3.53. The van der Waals surface area contributed by atoms with Crippen molar-refractivity contribution in [2.75, 3.05) is 26.2 Å². The fraction of sp³-hybridized carbons (Fsp3) is 0.444. The predicted octanol–water partition coefficient (Wildman–Crippen LogP) is 4.26. The number of fused-ring (bicyclic) bond motifs is 3. The Kier molecular flexibility index (Phi) is 7.50. The Bertz CT molecular complexity index is 1010. The van der Waals surface area contributed by atoms with Gasteiger partial charge in [0, 0.05) is 32.0 Å². The van der Waals surface area contributed by atoms with E-state index in [9.17, 15) is 19.5 Å². The molecule has 2 amide bonds. The van der Waals surface area contributed by atoms with Crippen LogP contribution in [-0.2, 0) is 14.3 Å². The largest absolute Gasteiger partial charge is 0.481 e. The number of nitrogens with one attached hydrogen (secondary N) is 1. The van der Waals surface area contributed by atoms with Crippen LogP contribution >= 0.6 is 0 Å². The molecule has 1 heterocycles.